The van der Waals surface area contributed by atoms with Crippen molar-refractivity contribution in [3.05, 3.63) is 24.3 Å². The van der Waals surface area contributed by atoms with Crippen molar-refractivity contribution in [2.75, 3.05) is 18.4 Å². The number of rotatable bonds is 6. The molecule has 0 amide bonds. The summed E-state index contributed by atoms with van der Waals surface area (Å²) in [5.74, 6) is 0. The van der Waals surface area contributed by atoms with Crippen LogP contribution in [0.25, 0.3) is 0 Å². The summed E-state index contributed by atoms with van der Waals surface area (Å²) in [7, 11) is -3.33. The van der Waals surface area contributed by atoms with E-state index in [1.165, 1.54) is 0 Å². The summed E-state index contributed by atoms with van der Waals surface area (Å²) in [6, 6.07) is 6.75. The number of sulfonamides is 1. The highest BCUT2D eigenvalue weighted by molar-refractivity contribution is 7.89. The largest absolute Gasteiger partial charge is 0.385 e. The van der Waals surface area contributed by atoms with Gasteiger partial charge in [-0.1, -0.05) is 6.92 Å². The lowest BCUT2D eigenvalue weighted by Gasteiger charge is -2.07. The van der Waals surface area contributed by atoms with Crippen LogP contribution >= 0.6 is 0 Å². The molecule has 0 aliphatic rings. The summed E-state index contributed by atoms with van der Waals surface area (Å²) in [5, 5.41) is 3.11. The Morgan fingerprint density at radius 1 is 1.12 bits per heavy atom. The molecular weight excluding hydrogens is 224 g/mol. The molecule has 1 aromatic rings. The minimum Gasteiger partial charge on any atom is -0.385 e. The van der Waals surface area contributed by atoms with Gasteiger partial charge in [0.25, 0.3) is 0 Å². The van der Waals surface area contributed by atoms with Gasteiger partial charge < -0.3 is 5.32 Å². The van der Waals surface area contributed by atoms with Crippen molar-refractivity contribution >= 4 is 15.7 Å². The van der Waals surface area contributed by atoms with Crippen molar-refractivity contribution in [2.45, 2.75) is 25.2 Å². The van der Waals surface area contributed by atoms with Crippen LogP contribution in [0.2, 0.25) is 0 Å². The highest BCUT2D eigenvalue weighted by Crippen LogP contribution is 2.13. The second-order valence-electron chi connectivity index (χ2n) is 3.45. The van der Waals surface area contributed by atoms with Crippen molar-refractivity contribution in [2.24, 2.45) is 0 Å². The Labute approximate surface area is 97.1 Å². The number of anilines is 1. The number of hydrogen-bond donors (Lipinski definition) is 2. The predicted octanol–water partition coefficient (Wildman–Crippen LogP) is 1.81. The highest BCUT2D eigenvalue weighted by atomic mass is 32.2. The van der Waals surface area contributed by atoms with Crippen LogP contribution in [0, 0.1) is 0 Å². The van der Waals surface area contributed by atoms with E-state index >= 15 is 0 Å². The van der Waals surface area contributed by atoms with Gasteiger partial charge in [0.15, 0.2) is 0 Å². The van der Waals surface area contributed by atoms with Gasteiger partial charge >= 0.3 is 0 Å². The average molecular weight is 242 g/mol. The Morgan fingerprint density at radius 3 is 2.25 bits per heavy atom. The SMILES string of the molecule is CCCNS(=O)(=O)c1ccc(NCC)cc1. The molecule has 0 aliphatic heterocycles. The Bertz CT molecular complexity index is 412. The van der Waals surface area contributed by atoms with E-state index in [9.17, 15) is 8.42 Å². The molecule has 90 valence electrons. The molecule has 0 aliphatic carbocycles. The average Bonchev–Trinajstić information content (AvgIpc) is 2.28. The minimum absolute atomic E-state index is 0.308. The molecule has 4 nitrogen and oxygen atoms in total. The van der Waals surface area contributed by atoms with Gasteiger partial charge in [-0.15, -0.1) is 0 Å². The van der Waals surface area contributed by atoms with Crippen molar-refractivity contribution in [3.8, 4) is 0 Å². The van der Waals surface area contributed by atoms with E-state index in [-0.39, 0.29) is 0 Å². The summed E-state index contributed by atoms with van der Waals surface area (Å²) >= 11 is 0. The first-order valence-corrected chi connectivity index (χ1v) is 6.92. The lowest BCUT2D eigenvalue weighted by molar-refractivity contribution is 0.581. The Morgan fingerprint density at radius 2 is 1.75 bits per heavy atom. The normalized spacial score (nSPS) is 11.4. The molecule has 16 heavy (non-hydrogen) atoms. The van der Waals surface area contributed by atoms with Crippen LogP contribution in [0.3, 0.4) is 0 Å². The molecule has 0 fully saturated rings. The predicted molar refractivity (Wildman–Crippen MR) is 66.1 cm³/mol. The van der Waals surface area contributed by atoms with Crippen LogP contribution < -0.4 is 10.0 Å². The van der Waals surface area contributed by atoms with E-state index in [0.29, 0.717) is 11.4 Å². The van der Waals surface area contributed by atoms with Gasteiger partial charge in [-0.3, -0.25) is 0 Å². The van der Waals surface area contributed by atoms with Gasteiger partial charge in [-0.2, -0.15) is 0 Å². The zero-order valence-corrected chi connectivity index (χ0v) is 10.5. The Kier molecular flexibility index (Phi) is 4.76. The molecule has 0 saturated carbocycles. The topological polar surface area (TPSA) is 58.2 Å². The van der Waals surface area contributed by atoms with Crippen LogP contribution in [-0.4, -0.2) is 21.5 Å². The first-order chi connectivity index (χ1) is 7.60. The zero-order chi connectivity index (χ0) is 12.0. The zero-order valence-electron chi connectivity index (χ0n) is 9.66. The van der Waals surface area contributed by atoms with E-state index in [1.807, 2.05) is 13.8 Å². The van der Waals surface area contributed by atoms with Crippen molar-refractivity contribution in [1.29, 1.82) is 0 Å². The van der Waals surface area contributed by atoms with E-state index in [4.69, 9.17) is 0 Å². The number of benzene rings is 1. The molecule has 2 N–H and O–H groups in total. The maximum Gasteiger partial charge on any atom is 0.240 e. The monoisotopic (exact) mass is 242 g/mol. The molecule has 1 rings (SSSR count). The van der Waals surface area contributed by atoms with Crippen LogP contribution in [0.4, 0.5) is 5.69 Å². The van der Waals surface area contributed by atoms with Gasteiger partial charge in [0.2, 0.25) is 10.0 Å². The third-order valence-electron chi connectivity index (χ3n) is 2.09. The van der Waals surface area contributed by atoms with E-state index < -0.39 is 10.0 Å². The fourth-order valence-corrected chi connectivity index (χ4v) is 2.41. The maximum absolute atomic E-state index is 11.7. The van der Waals surface area contributed by atoms with Gasteiger partial charge in [-0.25, -0.2) is 13.1 Å². The summed E-state index contributed by atoms with van der Waals surface area (Å²) in [4.78, 5) is 0.308. The van der Waals surface area contributed by atoms with Crippen molar-refractivity contribution in [3.63, 3.8) is 0 Å². The highest BCUT2D eigenvalue weighted by Gasteiger charge is 2.11. The van der Waals surface area contributed by atoms with Crippen LogP contribution in [0.5, 0.6) is 0 Å². The molecule has 0 atom stereocenters. The van der Waals surface area contributed by atoms with Gasteiger partial charge in [0.05, 0.1) is 4.90 Å². The van der Waals surface area contributed by atoms with Crippen molar-refractivity contribution in [1.82, 2.24) is 4.72 Å². The maximum atomic E-state index is 11.7. The standard InChI is InChI=1S/C11H18N2O2S/c1-3-9-13-16(14,15)11-7-5-10(6-8-11)12-4-2/h5-8,12-13H,3-4,9H2,1-2H3. The fraction of sp³-hybridized carbons (Fsp3) is 0.455. The first-order valence-electron chi connectivity index (χ1n) is 5.43. The van der Waals surface area contributed by atoms with E-state index in [0.717, 1.165) is 18.7 Å². The van der Waals surface area contributed by atoms with Crippen LogP contribution in [-0.2, 0) is 10.0 Å². The first kappa shape index (κ1) is 13.0. The Balaban J connectivity index is 2.80. The minimum atomic E-state index is -3.33. The van der Waals surface area contributed by atoms with Gasteiger partial charge in [-0.05, 0) is 37.6 Å². The van der Waals surface area contributed by atoms with Gasteiger partial charge in [0, 0.05) is 18.8 Å². The van der Waals surface area contributed by atoms with Gasteiger partial charge in [0.1, 0.15) is 0 Å². The molecule has 0 radical (unpaired) electrons. The molecule has 0 aromatic heterocycles. The summed E-state index contributed by atoms with van der Waals surface area (Å²) in [6.45, 7) is 5.21. The number of nitrogens with one attached hydrogen (secondary N) is 2. The molecule has 5 heteroatoms. The lowest BCUT2D eigenvalue weighted by Crippen LogP contribution is -2.24. The van der Waals surface area contributed by atoms with E-state index in [2.05, 4.69) is 10.0 Å². The van der Waals surface area contributed by atoms with Crippen LogP contribution in [0.1, 0.15) is 20.3 Å². The molecule has 0 spiro atoms. The van der Waals surface area contributed by atoms with Crippen molar-refractivity contribution < 1.29 is 8.42 Å². The summed E-state index contributed by atoms with van der Waals surface area (Å²) in [6.07, 6.45) is 0.786. The summed E-state index contributed by atoms with van der Waals surface area (Å²) < 4.78 is 26.0. The molecular formula is C11H18N2O2S. The molecule has 0 unspecified atom stereocenters. The van der Waals surface area contributed by atoms with Crippen LogP contribution in [0.15, 0.2) is 29.2 Å². The smallest absolute Gasteiger partial charge is 0.240 e. The lowest BCUT2D eigenvalue weighted by atomic mass is 10.3. The summed E-state index contributed by atoms with van der Waals surface area (Å²) in [5.41, 5.74) is 0.928. The van der Waals surface area contributed by atoms with E-state index in [1.54, 1.807) is 24.3 Å². The number of hydrogen-bond acceptors (Lipinski definition) is 3. The third kappa shape index (κ3) is 3.50. The second kappa shape index (κ2) is 5.86. The molecule has 0 saturated heterocycles. The third-order valence-corrected chi connectivity index (χ3v) is 3.56. The fourth-order valence-electron chi connectivity index (χ4n) is 1.28. The quantitative estimate of drug-likeness (QED) is 0.800. The Hall–Kier alpha value is -1.07. The molecule has 0 heterocycles. The molecule has 0 bridgehead atoms. The second-order valence-corrected chi connectivity index (χ2v) is 5.22. The molecule has 1 aromatic carbocycles.